The zero-order valence-electron chi connectivity index (χ0n) is 23.2. The van der Waals surface area contributed by atoms with Crippen molar-refractivity contribution in [2.45, 2.75) is 0 Å². The van der Waals surface area contributed by atoms with Gasteiger partial charge in [-0.1, -0.05) is 78.9 Å². The average Bonchev–Trinajstić information content (AvgIpc) is 3.70. The standard InChI is InChI=1S/C40H24N2O/c1-2-10-26-22-37-32(21-25(26)9-1)33-24-40-34(31-13-5-8-16-39(31)43-40)23-38(33)42(37)28-19-17-27(18-20-28)41-35-14-6-3-11-29(35)30-12-4-7-15-36(30)41/h1-24H. The molecule has 3 aromatic heterocycles. The van der Waals surface area contributed by atoms with Gasteiger partial charge in [-0.3, -0.25) is 0 Å². The molecule has 0 N–H and O–H groups in total. The summed E-state index contributed by atoms with van der Waals surface area (Å²) in [7, 11) is 0. The van der Waals surface area contributed by atoms with Crippen LogP contribution in [0.3, 0.4) is 0 Å². The van der Waals surface area contributed by atoms with Crippen LogP contribution < -0.4 is 0 Å². The van der Waals surface area contributed by atoms with Gasteiger partial charge in [-0.25, -0.2) is 0 Å². The van der Waals surface area contributed by atoms with E-state index in [1.165, 1.54) is 54.4 Å². The number of hydrogen-bond donors (Lipinski definition) is 0. The summed E-state index contributed by atoms with van der Waals surface area (Å²) < 4.78 is 11.1. The van der Waals surface area contributed by atoms with Crippen molar-refractivity contribution >= 4 is 76.3 Å². The van der Waals surface area contributed by atoms with Crippen molar-refractivity contribution in [1.82, 2.24) is 9.13 Å². The summed E-state index contributed by atoms with van der Waals surface area (Å²) in [6.07, 6.45) is 0. The zero-order chi connectivity index (χ0) is 28.1. The van der Waals surface area contributed by atoms with Gasteiger partial charge in [0.05, 0.1) is 22.1 Å². The largest absolute Gasteiger partial charge is 0.456 e. The van der Waals surface area contributed by atoms with Gasteiger partial charge < -0.3 is 13.6 Å². The Bertz CT molecular complexity index is 2670. The molecule has 0 aliphatic heterocycles. The van der Waals surface area contributed by atoms with Gasteiger partial charge in [0.1, 0.15) is 11.2 Å². The molecule has 7 aromatic carbocycles. The molecule has 3 heterocycles. The third kappa shape index (κ3) is 3.14. The van der Waals surface area contributed by atoms with E-state index in [0.29, 0.717) is 0 Å². The van der Waals surface area contributed by atoms with Gasteiger partial charge in [0.15, 0.2) is 0 Å². The minimum atomic E-state index is 0.919. The van der Waals surface area contributed by atoms with Crippen LogP contribution in [0.15, 0.2) is 150 Å². The highest BCUT2D eigenvalue weighted by atomic mass is 16.3. The minimum Gasteiger partial charge on any atom is -0.456 e. The van der Waals surface area contributed by atoms with Gasteiger partial charge in [-0.15, -0.1) is 0 Å². The molecule has 200 valence electrons. The molecule has 3 heteroatoms. The molecule has 0 spiro atoms. The smallest absolute Gasteiger partial charge is 0.136 e. The Balaban J connectivity index is 1.26. The quantitative estimate of drug-likeness (QED) is 0.211. The number of para-hydroxylation sites is 3. The van der Waals surface area contributed by atoms with E-state index < -0.39 is 0 Å². The first kappa shape index (κ1) is 22.8. The van der Waals surface area contributed by atoms with Crippen molar-refractivity contribution in [3.05, 3.63) is 146 Å². The third-order valence-electron chi connectivity index (χ3n) is 9.08. The van der Waals surface area contributed by atoms with Crippen LogP contribution in [0.1, 0.15) is 0 Å². The Morgan fingerprint density at radius 1 is 0.326 bits per heavy atom. The molecule has 0 aliphatic rings. The molecule has 0 saturated heterocycles. The van der Waals surface area contributed by atoms with Crippen molar-refractivity contribution in [3.63, 3.8) is 0 Å². The van der Waals surface area contributed by atoms with E-state index in [1.54, 1.807) is 0 Å². The third-order valence-corrected chi connectivity index (χ3v) is 9.08. The van der Waals surface area contributed by atoms with Crippen LogP contribution >= 0.6 is 0 Å². The highest BCUT2D eigenvalue weighted by molar-refractivity contribution is 6.19. The Morgan fingerprint density at radius 2 is 0.837 bits per heavy atom. The Labute approximate surface area is 246 Å². The maximum atomic E-state index is 6.33. The molecule has 0 bridgehead atoms. The summed E-state index contributed by atoms with van der Waals surface area (Å²) in [4.78, 5) is 0. The van der Waals surface area contributed by atoms with E-state index in [9.17, 15) is 0 Å². The number of hydrogen-bond acceptors (Lipinski definition) is 1. The van der Waals surface area contributed by atoms with Crippen LogP contribution in [-0.4, -0.2) is 9.13 Å². The topological polar surface area (TPSA) is 23.0 Å². The Morgan fingerprint density at radius 3 is 1.53 bits per heavy atom. The lowest BCUT2D eigenvalue weighted by atomic mass is 10.1. The molecule has 0 aliphatic carbocycles. The summed E-state index contributed by atoms with van der Waals surface area (Å²) in [5.74, 6) is 0. The van der Waals surface area contributed by atoms with Crippen LogP contribution in [0.4, 0.5) is 0 Å². The fraction of sp³-hybridized carbons (Fsp3) is 0. The number of furan rings is 1. The lowest BCUT2D eigenvalue weighted by Gasteiger charge is -2.12. The molecule has 0 fully saturated rings. The molecule has 0 unspecified atom stereocenters. The second-order valence-electron chi connectivity index (χ2n) is 11.4. The molecule has 43 heavy (non-hydrogen) atoms. The second kappa shape index (κ2) is 8.37. The van der Waals surface area contributed by atoms with Gasteiger partial charge >= 0.3 is 0 Å². The average molecular weight is 549 g/mol. The normalized spacial score (nSPS) is 12.2. The SMILES string of the molecule is c1ccc2cc3c(cc2c1)c1cc2oc4ccccc4c2cc1n3-c1ccc(-n2c3ccccc3c3ccccc32)cc1. The lowest BCUT2D eigenvalue weighted by molar-refractivity contribution is 0.669. The van der Waals surface area contributed by atoms with Crippen molar-refractivity contribution in [1.29, 1.82) is 0 Å². The molecule has 0 radical (unpaired) electrons. The zero-order valence-corrected chi connectivity index (χ0v) is 23.2. The van der Waals surface area contributed by atoms with Crippen molar-refractivity contribution in [2.24, 2.45) is 0 Å². The van der Waals surface area contributed by atoms with E-state index >= 15 is 0 Å². The molecule has 10 aromatic rings. The van der Waals surface area contributed by atoms with Crippen LogP contribution in [0.2, 0.25) is 0 Å². The molecular formula is C40H24N2O. The second-order valence-corrected chi connectivity index (χ2v) is 11.4. The first-order valence-corrected chi connectivity index (χ1v) is 14.7. The molecule has 10 rings (SSSR count). The molecule has 0 atom stereocenters. The fourth-order valence-corrected chi connectivity index (χ4v) is 7.15. The van der Waals surface area contributed by atoms with Crippen molar-refractivity contribution in [3.8, 4) is 11.4 Å². The van der Waals surface area contributed by atoms with Gasteiger partial charge in [0, 0.05) is 43.7 Å². The Hall–Kier alpha value is -5.80. The predicted molar refractivity (Wildman–Crippen MR) is 180 cm³/mol. The summed E-state index contributed by atoms with van der Waals surface area (Å²) >= 11 is 0. The summed E-state index contributed by atoms with van der Waals surface area (Å²) in [6.45, 7) is 0. The van der Waals surface area contributed by atoms with Gasteiger partial charge in [0.25, 0.3) is 0 Å². The highest BCUT2D eigenvalue weighted by Gasteiger charge is 2.18. The van der Waals surface area contributed by atoms with E-state index in [0.717, 1.165) is 33.3 Å². The number of aromatic nitrogens is 2. The molecular weight excluding hydrogens is 524 g/mol. The monoisotopic (exact) mass is 548 g/mol. The summed E-state index contributed by atoms with van der Waals surface area (Å²) in [5.41, 5.74) is 8.92. The van der Waals surface area contributed by atoms with Crippen LogP contribution in [0.25, 0.3) is 87.7 Å². The van der Waals surface area contributed by atoms with Crippen LogP contribution in [-0.2, 0) is 0 Å². The lowest BCUT2D eigenvalue weighted by Crippen LogP contribution is -1.97. The number of fused-ring (bicyclic) bond motifs is 10. The minimum absolute atomic E-state index is 0.919. The maximum Gasteiger partial charge on any atom is 0.136 e. The van der Waals surface area contributed by atoms with E-state index in [4.69, 9.17) is 4.42 Å². The highest BCUT2D eigenvalue weighted by Crippen LogP contribution is 2.40. The van der Waals surface area contributed by atoms with Gasteiger partial charge in [0.2, 0.25) is 0 Å². The van der Waals surface area contributed by atoms with Crippen LogP contribution in [0, 0.1) is 0 Å². The van der Waals surface area contributed by atoms with E-state index in [2.05, 4.69) is 143 Å². The first-order valence-electron chi connectivity index (χ1n) is 14.7. The number of benzene rings is 7. The van der Waals surface area contributed by atoms with E-state index in [1.807, 2.05) is 12.1 Å². The number of rotatable bonds is 2. The molecule has 3 nitrogen and oxygen atoms in total. The summed E-state index contributed by atoms with van der Waals surface area (Å²) in [6, 6.07) is 52.4. The summed E-state index contributed by atoms with van der Waals surface area (Å²) in [5, 5.41) is 9.71. The van der Waals surface area contributed by atoms with Crippen molar-refractivity contribution in [2.75, 3.05) is 0 Å². The first-order chi connectivity index (χ1) is 21.3. The van der Waals surface area contributed by atoms with Gasteiger partial charge in [-0.05, 0) is 77.5 Å². The van der Waals surface area contributed by atoms with Crippen molar-refractivity contribution < 1.29 is 4.42 Å². The maximum absolute atomic E-state index is 6.33. The predicted octanol–water partition coefficient (Wildman–Crippen LogP) is 10.9. The fourth-order valence-electron chi connectivity index (χ4n) is 7.15. The molecule has 0 amide bonds. The molecule has 0 saturated carbocycles. The van der Waals surface area contributed by atoms with E-state index in [-0.39, 0.29) is 0 Å². The van der Waals surface area contributed by atoms with Crippen LogP contribution in [0.5, 0.6) is 0 Å². The van der Waals surface area contributed by atoms with Gasteiger partial charge in [-0.2, -0.15) is 0 Å². The number of nitrogens with zero attached hydrogens (tertiary/aromatic N) is 2. The Kier molecular flexibility index (Phi) is 4.45.